The van der Waals surface area contributed by atoms with Gasteiger partial charge in [-0.05, 0) is 32.4 Å². The Balaban J connectivity index is 2.41. The average molecular weight is 206 g/mol. The van der Waals surface area contributed by atoms with E-state index in [1.165, 1.54) is 0 Å². The second-order valence-corrected chi connectivity index (χ2v) is 4.19. The third-order valence-corrected chi connectivity index (χ3v) is 3.20. The lowest BCUT2D eigenvalue weighted by atomic mass is 10.0. The molecule has 0 saturated carbocycles. The fourth-order valence-corrected chi connectivity index (χ4v) is 2.41. The standard InChI is InChI=1S/C12H18N2O/c1-3-14-10-5-4-6-12(15)9(10)7-11(14)8(2)13/h4-6,8,11,15H,3,7,13H2,1-2H3. The summed E-state index contributed by atoms with van der Waals surface area (Å²) in [4.78, 5) is 2.28. The molecule has 2 unspecified atom stereocenters. The normalized spacial score (nSPS) is 21.5. The predicted molar refractivity (Wildman–Crippen MR) is 62.3 cm³/mol. The summed E-state index contributed by atoms with van der Waals surface area (Å²) in [5, 5.41) is 9.78. The molecule has 15 heavy (non-hydrogen) atoms. The van der Waals surface area contributed by atoms with Gasteiger partial charge in [0.05, 0.1) is 0 Å². The monoisotopic (exact) mass is 206 g/mol. The minimum Gasteiger partial charge on any atom is -0.508 e. The molecule has 0 fully saturated rings. The van der Waals surface area contributed by atoms with E-state index in [0.717, 1.165) is 24.2 Å². The van der Waals surface area contributed by atoms with Gasteiger partial charge in [0.25, 0.3) is 0 Å². The van der Waals surface area contributed by atoms with Gasteiger partial charge in [0.2, 0.25) is 0 Å². The van der Waals surface area contributed by atoms with Gasteiger partial charge in [-0.3, -0.25) is 0 Å². The molecule has 1 aliphatic heterocycles. The molecule has 2 atom stereocenters. The topological polar surface area (TPSA) is 49.5 Å². The fraction of sp³-hybridized carbons (Fsp3) is 0.500. The van der Waals surface area contributed by atoms with Gasteiger partial charge >= 0.3 is 0 Å². The molecule has 2 rings (SSSR count). The number of aromatic hydroxyl groups is 1. The van der Waals surface area contributed by atoms with Crippen LogP contribution < -0.4 is 10.6 Å². The van der Waals surface area contributed by atoms with E-state index in [2.05, 4.69) is 17.9 Å². The van der Waals surface area contributed by atoms with Crippen LogP contribution in [-0.4, -0.2) is 23.7 Å². The summed E-state index contributed by atoms with van der Waals surface area (Å²) in [6.07, 6.45) is 0.855. The second-order valence-electron chi connectivity index (χ2n) is 4.19. The molecule has 82 valence electrons. The van der Waals surface area contributed by atoms with Gasteiger partial charge < -0.3 is 15.7 Å². The first-order chi connectivity index (χ1) is 7.15. The second kappa shape index (κ2) is 3.74. The molecule has 0 aromatic heterocycles. The zero-order valence-corrected chi connectivity index (χ0v) is 9.27. The number of hydrogen-bond acceptors (Lipinski definition) is 3. The number of rotatable bonds is 2. The van der Waals surface area contributed by atoms with Crippen LogP contribution in [0.1, 0.15) is 19.4 Å². The molecule has 0 aliphatic carbocycles. The smallest absolute Gasteiger partial charge is 0.120 e. The summed E-state index contributed by atoms with van der Waals surface area (Å²) in [5.74, 6) is 0.397. The Morgan fingerprint density at radius 2 is 2.33 bits per heavy atom. The van der Waals surface area contributed by atoms with Crippen molar-refractivity contribution in [3.63, 3.8) is 0 Å². The van der Waals surface area contributed by atoms with Gasteiger partial charge in [0.15, 0.2) is 0 Å². The van der Waals surface area contributed by atoms with Gasteiger partial charge in [-0.2, -0.15) is 0 Å². The summed E-state index contributed by atoms with van der Waals surface area (Å²) in [7, 11) is 0. The van der Waals surface area contributed by atoms with E-state index in [0.29, 0.717) is 11.8 Å². The Labute approximate surface area is 90.5 Å². The maximum atomic E-state index is 9.78. The number of hydrogen-bond donors (Lipinski definition) is 2. The molecule has 0 radical (unpaired) electrons. The molecule has 0 amide bonds. The molecule has 3 N–H and O–H groups in total. The Morgan fingerprint density at radius 3 is 2.93 bits per heavy atom. The van der Waals surface area contributed by atoms with E-state index < -0.39 is 0 Å². The van der Waals surface area contributed by atoms with Gasteiger partial charge in [0.1, 0.15) is 5.75 Å². The lowest BCUT2D eigenvalue weighted by Crippen LogP contribution is -2.44. The number of phenolic OH excluding ortho intramolecular Hbond substituents is 1. The van der Waals surface area contributed by atoms with E-state index >= 15 is 0 Å². The van der Waals surface area contributed by atoms with Crippen LogP contribution in [0.3, 0.4) is 0 Å². The van der Waals surface area contributed by atoms with Gasteiger partial charge in [-0.1, -0.05) is 6.07 Å². The van der Waals surface area contributed by atoms with Crippen molar-refractivity contribution in [1.29, 1.82) is 0 Å². The molecule has 0 bridgehead atoms. The van der Waals surface area contributed by atoms with Crippen LogP contribution >= 0.6 is 0 Å². The molecule has 1 heterocycles. The summed E-state index contributed by atoms with van der Waals surface area (Å²) >= 11 is 0. The minimum absolute atomic E-state index is 0.122. The predicted octanol–water partition coefficient (Wildman–Crippen LogP) is 1.49. The number of nitrogens with zero attached hydrogens (tertiary/aromatic N) is 1. The quantitative estimate of drug-likeness (QED) is 0.770. The highest BCUT2D eigenvalue weighted by molar-refractivity contribution is 5.64. The maximum Gasteiger partial charge on any atom is 0.120 e. The fourth-order valence-electron chi connectivity index (χ4n) is 2.41. The Kier molecular flexibility index (Phi) is 2.57. The number of nitrogens with two attached hydrogens (primary N) is 1. The lowest BCUT2D eigenvalue weighted by molar-refractivity contribution is 0.465. The first-order valence-corrected chi connectivity index (χ1v) is 5.48. The lowest BCUT2D eigenvalue weighted by Gasteiger charge is -2.28. The van der Waals surface area contributed by atoms with E-state index in [-0.39, 0.29) is 6.04 Å². The van der Waals surface area contributed by atoms with Crippen molar-refractivity contribution in [2.45, 2.75) is 32.4 Å². The molecule has 1 aromatic carbocycles. The summed E-state index contributed by atoms with van der Waals surface area (Å²) in [6, 6.07) is 6.13. The van der Waals surface area contributed by atoms with Crippen molar-refractivity contribution in [3.05, 3.63) is 23.8 Å². The Hall–Kier alpha value is -1.22. The molecular formula is C12H18N2O. The summed E-state index contributed by atoms with van der Waals surface area (Å²) < 4.78 is 0. The van der Waals surface area contributed by atoms with Crippen LogP contribution in [0, 0.1) is 0 Å². The van der Waals surface area contributed by atoms with E-state index in [4.69, 9.17) is 5.73 Å². The molecule has 1 aliphatic rings. The first kappa shape index (κ1) is 10.3. The van der Waals surface area contributed by atoms with Gasteiger partial charge in [0, 0.05) is 29.9 Å². The molecular weight excluding hydrogens is 188 g/mol. The SMILES string of the molecule is CCN1c2cccc(O)c2CC1C(C)N. The number of fused-ring (bicyclic) bond motifs is 1. The number of phenols is 1. The highest BCUT2D eigenvalue weighted by atomic mass is 16.3. The van der Waals surface area contributed by atoms with Crippen molar-refractivity contribution >= 4 is 5.69 Å². The van der Waals surface area contributed by atoms with Crippen LogP contribution in [0.15, 0.2) is 18.2 Å². The van der Waals surface area contributed by atoms with Gasteiger partial charge in [-0.15, -0.1) is 0 Å². The van der Waals surface area contributed by atoms with Crippen molar-refractivity contribution in [1.82, 2.24) is 0 Å². The van der Waals surface area contributed by atoms with Crippen LogP contribution in [0.25, 0.3) is 0 Å². The van der Waals surface area contributed by atoms with E-state index in [9.17, 15) is 5.11 Å². The number of anilines is 1. The maximum absolute atomic E-state index is 9.78. The third-order valence-electron chi connectivity index (χ3n) is 3.20. The third kappa shape index (κ3) is 1.57. The van der Waals surface area contributed by atoms with Crippen LogP contribution in [0.4, 0.5) is 5.69 Å². The molecule has 3 nitrogen and oxygen atoms in total. The molecule has 0 saturated heterocycles. The van der Waals surface area contributed by atoms with Crippen molar-refractivity contribution in [2.75, 3.05) is 11.4 Å². The number of benzene rings is 1. The highest BCUT2D eigenvalue weighted by Gasteiger charge is 2.31. The van der Waals surface area contributed by atoms with Crippen LogP contribution in [-0.2, 0) is 6.42 Å². The van der Waals surface area contributed by atoms with Gasteiger partial charge in [-0.25, -0.2) is 0 Å². The minimum atomic E-state index is 0.122. The molecule has 1 aromatic rings. The van der Waals surface area contributed by atoms with E-state index in [1.54, 1.807) is 6.07 Å². The van der Waals surface area contributed by atoms with E-state index in [1.807, 2.05) is 13.0 Å². The van der Waals surface area contributed by atoms with Crippen LogP contribution in [0.2, 0.25) is 0 Å². The zero-order chi connectivity index (χ0) is 11.0. The largest absolute Gasteiger partial charge is 0.508 e. The summed E-state index contributed by atoms with van der Waals surface area (Å²) in [6.45, 7) is 5.08. The van der Waals surface area contributed by atoms with Crippen LogP contribution in [0.5, 0.6) is 5.75 Å². The van der Waals surface area contributed by atoms with Crippen molar-refractivity contribution < 1.29 is 5.11 Å². The average Bonchev–Trinajstić information content (AvgIpc) is 2.57. The number of likely N-dealkylation sites (N-methyl/N-ethyl adjacent to an activating group) is 1. The highest BCUT2D eigenvalue weighted by Crippen LogP contribution is 2.37. The first-order valence-electron chi connectivity index (χ1n) is 5.48. The molecule has 0 spiro atoms. The zero-order valence-electron chi connectivity index (χ0n) is 9.27. The van der Waals surface area contributed by atoms with Crippen molar-refractivity contribution in [3.8, 4) is 5.75 Å². The Morgan fingerprint density at radius 1 is 1.60 bits per heavy atom. The Bertz CT molecular complexity index is 363. The summed E-state index contributed by atoms with van der Waals surface area (Å²) in [5.41, 5.74) is 8.15. The molecule has 3 heteroatoms. The van der Waals surface area contributed by atoms with Crippen molar-refractivity contribution in [2.24, 2.45) is 5.73 Å².